The quantitative estimate of drug-likeness (QED) is 0.559. The Labute approximate surface area is 151 Å². The van der Waals surface area contributed by atoms with E-state index in [1.54, 1.807) is 11.3 Å². The summed E-state index contributed by atoms with van der Waals surface area (Å²) in [4.78, 5) is 7.69. The number of rotatable bonds is 3. The second kappa shape index (κ2) is 8.34. The van der Waals surface area contributed by atoms with Crippen LogP contribution in [-0.4, -0.2) is 33.1 Å². The molecule has 0 saturated carbocycles. The first kappa shape index (κ1) is 19.3. The topological polar surface area (TPSA) is 104 Å². The fourth-order valence-corrected chi connectivity index (χ4v) is 2.66. The van der Waals surface area contributed by atoms with Gasteiger partial charge in [-0.2, -0.15) is 4.40 Å². The van der Waals surface area contributed by atoms with Crippen LogP contribution >= 0.6 is 11.3 Å². The van der Waals surface area contributed by atoms with Crippen molar-refractivity contribution < 1.29 is 33.3 Å². The van der Waals surface area contributed by atoms with Gasteiger partial charge in [-0.05, 0) is 28.8 Å². The standard InChI is InChI=1S/C16H16N3S.ClH3O4/c1-18(2)15-7-4-13(5-8-15)3-6-14-9-10-19-11-12-20-16(19)17-14;2-1(3,4)5/h3-12H,1-2H3;2-4H/q+1;. The van der Waals surface area contributed by atoms with Gasteiger partial charge < -0.3 is 4.90 Å². The van der Waals surface area contributed by atoms with Gasteiger partial charge in [0.15, 0.2) is 5.69 Å². The number of benzene rings is 1. The third kappa shape index (κ3) is 6.75. The Morgan fingerprint density at radius 2 is 1.72 bits per heavy atom. The fourth-order valence-electron chi connectivity index (χ4n) is 1.94. The van der Waals surface area contributed by atoms with E-state index >= 15 is 0 Å². The number of hydrogen-bond donors (Lipinski definition) is 3. The van der Waals surface area contributed by atoms with Gasteiger partial charge in [-0.25, -0.2) is 0 Å². The van der Waals surface area contributed by atoms with Gasteiger partial charge >= 0.3 is 33.8 Å². The molecular formula is C16H19ClN3O4S+. The van der Waals surface area contributed by atoms with Crippen LogP contribution in [0.4, 0.5) is 5.69 Å². The molecule has 0 bridgehead atoms. The summed E-state index contributed by atoms with van der Waals surface area (Å²) in [5.41, 5.74) is 3.36. The Hall–Kier alpha value is -2.07. The van der Waals surface area contributed by atoms with Crippen molar-refractivity contribution in [2.45, 2.75) is 0 Å². The number of thiazole rings is 1. The second-order valence-corrected chi connectivity index (χ2v) is 6.94. The Balaban J connectivity index is 0.000000399. The summed E-state index contributed by atoms with van der Waals surface area (Å²) < 4.78 is 32.2. The summed E-state index contributed by atoms with van der Waals surface area (Å²) in [6.07, 6.45) is 8.18. The number of anilines is 1. The average Bonchev–Trinajstić information content (AvgIpc) is 2.99. The number of nitrogens with zero attached hydrogens (tertiary/aromatic N) is 3. The van der Waals surface area contributed by atoms with Gasteiger partial charge in [-0.3, -0.25) is 0 Å². The maximum absolute atomic E-state index is 8.83. The first-order chi connectivity index (χ1) is 11.7. The first-order valence-corrected chi connectivity index (χ1v) is 9.30. The third-order valence-corrected chi connectivity index (χ3v) is 3.87. The molecule has 0 aliphatic carbocycles. The SMILES string of the molecule is CN(C)c1ccc(/C=C/c2cc[n+]3ccsc3n2)cc1.[O-][Cl+](O)(O)O. The van der Waals surface area contributed by atoms with Crippen molar-refractivity contribution in [3.8, 4) is 0 Å². The third-order valence-electron chi connectivity index (χ3n) is 3.10. The van der Waals surface area contributed by atoms with Crippen molar-refractivity contribution in [2.75, 3.05) is 19.0 Å². The molecular weight excluding hydrogens is 366 g/mol. The van der Waals surface area contributed by atoms with Crippen LogP contribution in [0.2, 0.25) is 0 Å². The molecule has 2 heterocycles. The van der Waals surface area contributed by atoms with Crippen LogP contribution in [0.5, 0.6) is 0 Å². The molecule has 0 saturated heterocycles. The van der Waals surface area contributed by atoms with E-state index in [9.17, 15) is 0 Å². The number of fused-ring (bicyclic) bond motifs is 1. The molecule has 7 nitrogen and oxygen atoms in total. The van der Waals surface area contributed by atoms with E-state index < -0.39 is 10.2 Å². The van der Waals surface area contributed by atoms with E-state index in [0.29, 0.717) is 0 Å². The average molecular weight is 385 g/mol. The zero-order valence-corrected chi connectivity index (χ0v) is 15.2. The number of hydrogen-bond acceptors (Lipinski definition) is 7. The Morgan fingerprint density at radius 1 is 1.08 bits per heavy atom. The molecule has 0 unspecified atom stereocenters. The van der Waals surface area contributed by atoms with Gasteiger partial charge in [0, 0.05) is 31.2 Å². The van der Waals surface area contributed by atoms with Crippen LogP contribution in [0.1, 0.15) is 11.3 Å². The first-order valence-electron chi connectivity index (χ1n) is 7.09. The Kier molecular flexibility index (Phi) is 6.43. The van der Waals surface area contributed by atoms with E-state index in [4.69, 9.17) is 18.6 Å². The van der Waals surface area contributed by atoms with Crippen molar-refractivity contribution in [2.24, 2.45) is 0 Å². The molecule has 134 valence electrons. The predicted molar refractivity (Wildman–Crippen MR) is 91.6 cm³/mol. The molecule has 3 N–H and O–H groups in total. The molecule has 2 aromatic heterocycles. The molecule has 3 rings (SSSR count). The Bertz CT molecular complexity index is 838. The maximum atomic E-state index is 8.83. The van der Waals surface area contributed by atoms with Crippen LogP contribution < -0.4 is 14.0 Å². The normalized spacial score (nSPS) is 12.1. The van der Waals surface area contributed by atoms with E-state index in [1.165, 1.54) is 11.3 Å². The summed E-state index contributed by atoms with van der Waals surface area (Å²) in [7, 11) is -0.106. The molecule has 0 radical (unpaired) electrons. The van der Waals surface area contributed by atoms with E-state index in [-0.39, 0.29) is 0 Å². The number of halogens is 1. The molecule has 0 atom stereocenters. The molecule has 0 fully saturated rings. The van der Waals surface area contributed by atoms with Crippen LogP contribution in [0.3, 0.4) is 0 Å². The van der Waals surface area contributed by atoms with Gasteiger partial charge in [-0.15, -0.1) is 0 Å². The Morgan fingerprint density at radius 3 is 2.32 bits per heavy atom. The molecule has 1 aromatic carbocycles. The summed E-state index contributed by atoms with van der Waals surface area (Å²) >= 11 is 1.64. The van der Waals surface area contributed by atoms with E-state index in [2.05, 4.69) is 40.2 Å². The van der Waals surface area contributed by atoms with Crippen molar-refractivity contribution in [3.63, 3.8) is 0 Å². The van der Waals surface area contributed by atoms with E-state index in [1.807, 2.05) is 48.4 Å². The summed E-state index contributed by atoms with van der Waals surface area (Å²) in [6, 6.07) is 10.5. The molecule has 0 amide bonds. The van der Waals surface area contributed by atoms with Gasteiger partial charge in [0.25, 0.3) is 0 Å². The molecule has 3 aromatic rings. The zero-order valence-electron chi connectivity index (χ0n) is 13.7. The molecule has 25 heavy (non-hydrogen) atoms. The van der Waals surface area contributed by atoms with Crippen molar-refractivity contribution in [1.29, 1.82) is 0 Å². The van der Waals surface area contributed by atoms with Gasteiger partial charge in [-0.1, -0.05) is 29.5 Å². The van der Waals surface area contributed by atoms with Crippen LogP contribution in [0.25, 0.3) is 17.1 Å². The zero-order chi connectivity index (χ0) is 18.4. The minimum atomic E-state index is -4.19. The second-order valence-electron chi connectivity index (χ2n) is 5.20. The van der Waals surface area contributed by atoms with Crippen molar-refractivity contribution >= 4 is 34.1 Å². The van der Waals surface area contributed by atoms with Gasteiger partial charge in [0.05, 0.1) is 0 Å². The minimum absolute atomic E-state index is 0.976. The molecule has 9 heteroatoms. The summed E-state index contributed by atoms with van der Waals surface area (Å²) in [6.45, 7) is 0. The molecule has 0 aliphatic rings. The van der Waals surface area contributed by atoms with Crippen LogP contribution in [-0.2, 0) is 0 Å². The number of aromatic nitrogens is 2. The summed E-state index contributed by atoms with van der Waals surface area (Å²) in [5, 5.41) is 2.04. The van der Waals surface area contributed by atoms with Crippen molar-refractivity contribution in [1.82, 2.24) is 4.98 Å². The monoisotopic (exact) mass is 384 g/mol. The van der Waals surface area contributed by atoms with Crippen molar-refractivity contribution in [3.05, 3.63) is 59.4 Å². The van der Waals surface area contributed by atoms with Gasteiger partial charge in [0.2, 0.25) is 0 Å². The fraction of sp³-hybridized carbons (Fsp3) is 0.125. The predicted octanol–water partition coefficient (Wildman–Crippen LogP) is 0.258. The van der Waals surface area contributed by atoms with E-state index in [0.717, 1.165) is 10.7 Å². The van der Waals surface area contributed by atoms with Crippen LogP contribution in [0.15, 0.2) is 48.1 Å². The molecule has 0 aliphatic heterocycles. The van der Waals surface area contributed by atoms with Crippen LogP contribution in [0, 0.1) is 10.2 Å². The van der Waals surface area contributed by atoms with Gasteiger partial charge in [0.1, 0.15) is 12.4 Å². The molecule has 0 spiro atoms. The summed E-state index contributed by atoms with van der Waals surface area (Å²) in [5.74, 6) is 0.